The summed E-state index contributed by atoms with van der Waals surface area (Å²) in [5.41, 5.74) is -0.528. The third-order valence-corrected chi connectivity index (χ3v) is 3.78. The molecule has 0 spiro atoms. The third-order valence-electron chi connectivity index (χ3n) is 3.78. The Hall–Kier alpha value is -3.69. The van der Waals surface area contributed by atoms with E-state index in [0.29, 0.717) is 10.9 Å². The first-order valence-electron chi connectivity index (χ1n) is 7.73. The van der Waals surface area contributed by atoms with Gasteiger partial charge < -0.3 is 10.4 Å². The lowest BCUT2D eigenvalue weighted by atomic mass is 10.1. The van der Waals surface area contributed by atoms with E-state index in [1.54, 1.807) is 24.3 Å². The maximum atomic E-state index is 13.4. The fraction of sp³-hybridized carbons (Fsp3) is 0.0588. The maximum Gasteiger partial charge on any atom is 0.417 e. The minimum atomic E-state index is -4.55. The number of nitrogens with one attached hydrogen (secondary N) is 2. The smallest absolute Gasteiger partial charge is 0.417 e. The predicted octanol–water partition coefficient (Wildman–Crippen LogP) is 3.88. The number of rotatable bonds is 3. The van der Waals surface area contributed by atoms with Crippen LogP contribution in [0, 0.1) is 0 Å². The molecule has 27 heavy (non-hydrogen) atoms. The number of aromatic amines is 1. The number of halogens is 3. The molecule has 0 unspecified atom stereocenters. The van der Waals surface area contributed by atoms with Crippen molar-refractivity contribution in [2.24, 2.45) is 0 Å². The Morgan fingerprint density at radius 1 is 0.926 bits per heavy atom. The van der Waals surface area contributed by atoms with Crippen molar-refractivity contribution in [3.8, 4) is 17.4 Å². The Balaban J connectivity index is 1.91. The second-order valence-corrected chi connectivity index (χ2v) is 5.56. The van der Waals surface area contributed by atoms with E-state index in [4.69, 9.17) is 0 Å². The number of aromatic nitrogens is 5. The number of alkyl halides is 3. The minimum absolute atomic E-state index is 0.0198. The number of fused-ring (bicyclic) bond motifs is 1. The summed E-state index contributed by atoms with van der Waals surface area (Å²) in [7, 11) is 0. The molecule has 0 saturated carbocycles. The standard InChI is InChI=1S/C17H11F3N6O/c18-17(19,20)11-7-3-1-5-9(11)13-21-12-8-4-2-6-10(12)14(22-13)23-15-24-16(27)26-25-15/h1-8H,(H3,21,22,23,24,25,26,27). The highest BCUT2D eigenvalue weighted by Gasteiger charge is 2.34. The summed E-state index contributed by atoms with van der Waals surface area (Å²) in [6.07, 6.45) is -4.55. The van der Waals surface area contributed by atoms with Crippen LogP contribution in [0.15, 0.2) is 48.5 Å². The second kappa shape index (κ2) is 6.24. The van der Waals surface area contributed by atoms with Crippen molar-refractivity contribution in [2.45, 2.75) is 6.18 Å². The monoisotopic (exact) mass is 372 g/mol. The van der Waals surface area contributed by atoms with E-state index in [0.717, 1.165) is 6.07 Å². The molecule has 2 heterocycles. The van der Waals surface area contributed by atoms with Crippen molar-refractivity contribution in [3.63, 3.8) is 0 Å². The number of hydrogen-bond acceptors (Lipinski definition) is 6. The minimum Gasteiger partial charge on any atom is -0.479 e. The van der Waals surface area contributed by atoms with Crippen LogP contribution in [-0.4, -0.2) is 30.3 Å². The average Bonchev–Trinajstić information content (AvgIpc) is 3.06. The summed E-state index contributed by atoms with van der Waals surface area (Å²) in [5, 5.41) is 18.6. The summed E-state index contributed by atoms with van der Waals surface area (Å²) in [6.45, 7) is 0. The highest BCUT2D eigenvalue weighted by Crippen LogP contribution is 2.37. The normalized spacial score (nSPS) is 11.7. The summed E-state index contributed by atoms with van der Waals surface area (Å²) in [5.74, 6) is 0.141. The SMILES string of the molecule is Oc1nc(Nc2nc(-c3ccccc3C(F)(F)F)nc3ccccc23)n[nH]1. The zero-order valence-corrected chi connectivity index (χ0v) is 13.5. The second-order valence-electron chi connectivity index (χ2n) is 5.56. The van der Waals surface area contributed by atoms with Gasteiger partial charge in [-0.1, -0.05) is 30.3 Å². The molecule has 0 aliphatic heterocycles. The molecule has 0 aliphatic carbocycles. The van der Waals surface area contributed by atoms with Crippen molar-refractivity contribution in [1.29, 1.82) is 0 Å². The van der Waals surface area contributed by atoms with Crippen molar-refractivity contribution in [1.82, 2.24) is 25.1 Å². The molecular formula is C17H11F3N6O. The molecule has 4 rings (SSSR count). The lowest BCUT2D eigenvalue weighted by Gasteiger charge is -2.13. The number of H-pyrrole nitrogens is 1. The molecule has 0 saturated heterocycles. The summed E-state index contributed by atoms with van der Waals surface area (Å²) in [6, 6.07) is 11.5. The van der Waals surface area contributed by atoms with E-state index >= 15 is 0 Å². The molecule has 0 atom stereocenters. The molecule has 0 bridgehead atoms. The Morgan fingerprint density at radius 3 is 2.41 bits per heavy atom. The van der Waals surface area contributed by atoms with Crippen LogP contribution in [0.3, 0.4) is 0 Å². The molecule has 0 aliphatic rings. The zero-order valence-electron chi connectivity index (χ0n) is 13.5. The molecule has 136 valence electrons. The molecule has 10 heteroatoms. The van der Waals surface area contributed by atoms with Crippen LogP contribution in [0.25, 0.3) is 22.3 Å². The topological polar surface area (TPSA) is 99.6 Å². The Kier molecular flexibility index (Phi) is 3.87. The van der Waals surface area contributed by atoms with Crippen LogP contribution in [0.5, 0.6) is 6.01 Å². The fourth-order valence-corrected chi connectivity index (χ4v) is 2.63. The first kappa shape index (κ1) is 16.8. The van der Waals surface area contributed by atoms with Crippen LogP contribution >= 0.6 is 0 Å². The van der Waals surface area contributed by atoms with Crippen molar-refractivity contribution in [2.75, 3.05) is 5.32 Å². The van der Waals surface area contributed by atoms with Gasteiger partial charge in [-0.05, 0) is 18.2 Å². The number of benzene rings is 2. The lowest BCUT2D eigenvalue weighted by molar-refractivity contribution is -0.137. The molecule has 2 aromatic carbocycles. The van der Waals surface area contributed by atoms with Gasteiger partial charge in [0.1, 0.15) is 5.82 Å². The van der Waals surface area contributed by atoms with Gasteiger partial charge in [0.15, 0.2) is 5.82 Å². The number of aromatic hydroxyl groups is 1. The van der Waals surface area contributed by atoms with E-state index in [1.807, 2.05) is 0 Å². The van der Waals surface area contributed by atoms with Crippen LogP contribution in [-0.2, 0) is 6.18 Å². The molecule has 0 amide bonds. The molecule has 7 nitrogen and oxygen atoms in total. The first-order valence-corrected chi connectivity index (χ1v) is 7.73. The van der Waals surface area contributed by atoms with Crippen LogP contribution in [0.1, 0.15) is 5.56 Å². The van der Waals surface area contributed by atoms with Crippen molar-refractivity contribution < 1.29 is 18.3 Å². The molecule has 0 radical (unpaired) electrons. The Bertz CT molecular complexity index is 1130. The summed E-state index contributed by atoms with van der Waals surface area (Å²) < 4.78 is 40.1. The van der Waals surface area contributed by atoms with E-state index in [-0.39, 0.29) is 23.2 Å². The van der Waals surface area contributed by atoms with E-state index in [9.17, 15) is 18.3 Å². The van der Waals surface area contributed by atoms with E-state index in [2.05, 4.69) is 30.5 Å². The van der Waals surface area contributed by atoms with Gasteiger partial charge in [-0.2, -0.15) is 18.2 Å². The van der Waals surface area contributed by atoms with Crippen molar-refractivity contribution >= 4 is 22.7 Å². The molecular weight excluding hydrogens is 361 g/mol. The molecule has 0 fully saturated rings. The number of para-hydroxylation sites is 1. The van der Waals surface area contributed by atoms with Gasteiger partial charge in [0, 0.05) is 10.9 Å². The Labute approximate surface area is 149 Å². The number of anilines is 2. The fourth-order valence-electron chi connectivity index (χ4n) is 2.63. The molecule has 2 aromatic heterocycles. The van der Waals surface area contributed by atoms with Crippen molar-refractivity contribution in [3.05, 3.63) is 54.1 Å². The van der Waals surface area contributed by atoms with Gasteiger partial charge in [-0.15, -0.1) is 5.10 Å². The summed E-state index contributed by atoms with van der Waals surface area (Å²) in [4.78, 5) is 12.2. The average molecular weight is 372 g/mol. The number of hydrogen-bond donors (Lipinski definition) is 3. The molecule has 3 N–H and O–H groups in total. The van der Waals surface area contributed by atoms with Gasteiger partial charge in [0.25, 0.3) is 5.95 Å². The largest absolute Gasteiger partial charge is 0.479 e. The third kappa shape index (κ3) is 3.24. The van der Waals surface area contributed by atoms with Gasteiger partial charge >= 0.3 is 12.2 Å². The van der Waals surface area contributed by atoms with Gasteiger partial charge in [-0.25, -0.2) is 15.1 Å². The lowest BCUT2D eigenvalue weighted by Crippen LogP contribution is -2.09. The van der Waals surface area contributed by atoms with Crippen LogP contribution in [0.4, 0.5) is 24.9 Å². The number of nitrogens with zero attached hydrogens (tertiary/aromatic N) is 4. The van der Waals surface area contributed by atoms with Gasteiger partial charge in [0.2, 0.25) is 0 Å². The Morgan fingerprint density at radius 2 is 1.67 bits per heavy atom. The first-order chi connectivity index (χ1) is 12.9. The molecule has 4 aromatic rings. The van der Waals surface area contributed by atoms with Gasteiger partial charge in [-0.3, -0.25) is 0 Å². The highest BCUT2D eigenvalue weighted by atomic mass is 19.4. The van der Waals surface area contributed by atoms with Gasteiger partial charge in [0.05, 0.1) is 11.1 Å². The van der Waals surface area contributed by atoms with E-state index < -0.39 is 17.8 Å². The predicted molar refractivity (Wildman–Crippen MR) is 91.3 cm³/mol. The van der Waals surface area contributed by atoms with Crippen LogP contribution < -0.4 is 5.32 Å². The summed E-state index contributed by atoms with van der Waals surface area (Å²) >= 11 is 0. The maximum absolute atomic E-state index is 13.4. The quantitative estimate of drug-likeness (QED) is 0.505. The van der Waals surface area contributed by atoms with Crippen LogP contribution in [0.2, 0.25) is 0 Å². The highest BCUT2D eigenvalue weighted by molar-refractivity contribution is 5.91. The zero-order chi connectivity index (χ0) is 19.0. The van der Waals surface area contributed by atoms with E-state index in [1.165, 1.54) is 18.2 Å².